The third kappa shape index (κ3) is 3.43. The highest BCUT2D eigenvalue weighted by molar-refractivity contribution is 14.1. The monoisotopic (exact) mass is 438 g/mol. The van der Waals surface area contributed by atoms with E-state index in [0.717, 1.165) is 27.5 Å². The summed E-state index contributed by atoms with van der Waals surface area (Å²) in [4.78, 5) is 26.3. The number of halogens is 2. The summed E-state index contributed by atoms with van der Waals surface area (Å²) in [5.74, 6) is -1.10. The minimum atomic E-state index is -0.617. The zero-order chi connectivity index (χ0) is 17.3. The minimum absolute atomic E-state index is 0.225. The van der Waals surface area contributed by atoms with Crippen molar-refractivity contribution in [3.63, 3.8) is 0 Å². The van der Waals surface area contributed by atoms with Gasteiger partial charge in [0, 0.05) is 16.7 Å². The lowest BCUT2D eigenvalue weighted by atomic mass is 10.0. The molecule has 24 heavy (non-hydrogen) atoms. The van der Waals surface area contributed by atoms with Crippen LogP contribution in [0.25, 0.3) is 0 Å². The Hall–Kier alpha value is -1.96. The molecule has 0 aliphatic carbocycles. The average molecular weight is 438 g/mol. The van der Waals surface area contributed by atoms with Crippen molar-refractivity contribution in [2.45, 2.75) is 19.4 Å². The van der Waals surface area contributed by atoms with Gasteiger partial charge in [0.2, 0.25) is 5.91 Å². The molecule has 6 heteroatoms. The van der Waals surface area contributed by atoms with Crippen LogP contribution in [0.3, 0.4) is 0 Å². The quantitative estimate of drug-likeness (QED) is 0.733. The molecule has 124 valence electrons. The molecule has 1 aliphatic rings. The number of carbonyl (C=O) groups excluding carboxylic acids is 2. The Morgan fingerprint density at radius 3 is 2.62 bits per heavy atom. The van der Waals surface area contributed by atoms with Crippen LogP contribution in [-0.4, -0.2) is 23.3 Å². The SMILES string of the molecule is NC(=O)c1cc(I)ccc1C(=O)N1CCCc2cc(F)ccc2C1. The van der Waals surface area contributed by atoms with Crippen molar-refractivity contribution in [1.29, 1.82) is 0 Å². The first-order valence-electron chi connectivity index (χ1n) is 7.61. The Labute approximate surface area is 153 Å². The number of carbonyl (C=O) groups is 2. The van der Waals surface area contributed by atoms with Gasteiger partial charge in [-0.1, -0.05) is 6.07 Å². The van der Waals surface area contributed by atoms with Gasteiger partial charge in [0.05, 0.1) is 11.1 Å². The van der Waals surface area contributed by atoms with Gasteiger partial charge < -0.3 is 10.6 Å². The molecule has 1 heterocycles. The van der Waals surface area contributed by atoms with Crippen LogP contribution in [0.4, 0.5) is 4.39 Å². The number of fused-ring (bicyclic) bond motifs is 1. The van der Waals surface area contributed by atoms with Gasteiger partial charge in [0.1, 0.15) is 5.82 Å². The number of benzene rings is 2. The topological polar surface area (TPSA) is 63.4 Å². The van der Waals surface area contributed by atoms with E-state index in [-0.39, 0.29) is 17.3 Å². The summed E-state index contributed by atoms with van der Waals surface area (Å²) < 4.78 is 14.2. The number of hydrogen-bond acceptors (Lipinski definition) is 2. The third-order valence-electron chi connectivity index (χ3n) is 4.17. The number of nitrogens with zero attached hydrogens (tertiary/aromatic N) is 1. The van der Waals surface area contributed by atoms with Gasteiger partial charge in [0.15, 0.2) is 0 Å². The maximum atomic E-state index is 13.4. The van der Waals surface area contributed by atoms with E-state index in [1.54, 1.807) is 29.2 Å². The van der Waals surface area contributed by atoms with Gasteiger partial charge in [-0.2, -0.15) is 0 Å². The molecule has 0 spiro atoms. The first-order chi connectivity index (χ1) is 11.5. The molecule has 2 aromatic rings. The summed E-state index contributed by atoms with van der Waals surface area (Å²) in [6.45, 7) is 0.956. The highest BCUT2D eigenvalue weighted by Crippen LogP contribution is 2.23. The Balaban J connectivity index is 1.93. The maximum Gasteiger partial charge on any atom is 0.254 e. The Bertz CT molecular complexity index is 823. The smallest absolute Gasteiger partial charge is 0.254 e. The van der Waals surface area contributed by atoms with E-state index in [9.17, 15) is 14.0 Å². The van der Waals surface area contributed by atoms with Gasteiger partial charge in [-0.05, 0) is 76.9 Å². The van der Waals surface area contributed by atoms with Crippen molar-refractivity contribution in [2.24, 2.45) is 5.73 Å². The lowest BCUT2D eigenvalue weighted by Gasteiger charge is -2.22. The van der Waals surface area contributed by atoms with Gasteiger partial charge in [-0.25, -0.2) is 4.39 Å². The fourth-order valence-corrected chi connectivity index (χ4v) is 3.47. The fourth-order valence-electron chi connectivity index (χ4n) is 2.98. The average Bonchev–Trinajstić information content (AvgIpc) is 2.76. The predicted octanol–water partition coefficient (Wildman–Crippen LogP) is 3.12. The van der Waals surface area contributed by atoms with E-state index < -0.39 is 5.91 Å². The van der Waals surface area contributed by atoms with E-state index >= 15 is 0 Å². The van der Waals surface area contributed by atoms with Gasteiger partial charge >= 0.3 is 0 Å². The van der Waals surface area contributed by atoms with Crippen LogP contribution in [0.2, 0.25) is 0 Å². The molecule has 0 radical (unpaired) electrons. The van der Waals surface area contributed by atoms with Crippen molar-refractivity contribution in [2.75, 3.05) is 6.54 Å². The van der Waals surface area contributed by atoms with E-state index in [2.05, 4.69) is 22.6 Å². The van der Waals surface area contributed by atoms with Crippen molar-refractivity contribution in [3.8, 4) is 0 Å². The highest BCUT2D eigenvalue weighted by Gasteiger charge is 2.24. The lowest BCUT2D eigenvalue weighted by Crippen LogP contribution is -2.32. The van der Waals surface area contributed by atoms with Crippen LogP contribution in [-0.2, 0) is 13.0 Å². The second-order valence-corrected chi connectivity index (χ2v) is 7.04. The molecular weight excluding hydrogens is 422 g/mol. The zero-order valence-electron chi connectivity index (χ0n) is 12.9. The van der Waals surface area contributed by atoms with Crippen LogP contribution in [0.15, 0.2) is 36.4 Å². The molecule has 0 fully saturated rings. The standard InChI is InChI=1S/C18H16FIN2O2/c19-13-4-3-12-10-22(7-1-2-11(12)8-13)18(24)15-6-5-14(20)9-16(15)17(21)23/h3-6,8-9H,1-2,7,10H2,(H2,21,23). The fraction of sp³-hybridized carbons (Fsp3) is 0.222. The van der Waals surface area contributed by atoms with Gasteiger partial charge in [0.25, 0.3) is 5.91 Å². The first kappa shape index (κ1) is 16.9. The summed E-state index contributed by atoms with van der Waals surface area (Å²) in [5, 5.41) is 0. The molecule has 1 aliphatic heterocycles. The minimum Gasteiger partial charge on any atom is -0.366 e. The number of hydrogen-bond donors (Lipinski definition) is 1. The number of aryl methyl sites for hydroxylation is 1. The summed E-state index contributed by atoms with van der Waals surface area (Å²) in [7, 11) is 0. The Morgan fingerprint density at radius 2 is 1.88 bits per heavy atom. The van der Waals surface area contributed by atoms with E-state index in [1.807, 2.05) is 0 Å². The van der Waals surface area contributed by atoms with Crippen LogP contribution < -0.4 is 5.73 Å². The Kier molecular flexibility index (Phi) is 4.84. The van der Waals surface area contributed by atoms with E-state index in [1.165, 1.54) is 12.1 Å². The molecule has 4 nitrogen and oxygen atoms in total. The van der Waals surface area contributed by atoms with Gasteiger partial charge in [-0.3, -0.25) is 9.59 Å². The lowest BCUT2D eigenvalue weighted by molar-refractivity contribution is 0.0741. The Morgan fingerprint density at radius 1 is 1.08 bits per heavy atom. The number of amides is 2. The van der Waals surface area contributed by atoms with Gasteiger partial charge in [-0.15, -0.1) is 0 Å². The van der Waals surface area contributed by atoms with E-state index in [0.29, 0.717) is 18.7 Å². The second kappa shape index (κ2) is 6.88. The molecule has 3 rings (SSSR count). The summed E-state index contributed by atoms with van der Waals surface area (Å²) in [6, 6.07) is 9.70. The molecular formula is C18H16FIN2O2. The molecule has 0 unspecified atom stereocenters. The summed E-state index contributed by atoms with van der Waals surface area (Å²) in [5.41, 5.74) is 7.84. The third-order valence-corrected chi connectivity index (χ3v) is 4.84. The molecule has 0 aromatic heterocycles. The molecule has 2 N–H and O–H groups in total. The molecule has 0 saturated carbocycles. The largest absolute Gasteiger partial charge is 0.366 e. The van der Waals surface area contributed by atoms with Crippen molar-refractivity contribution >= 4 is 34.4 Å². The predicted molar refractivity (Wildman–Crippen MR) is 97.1 cm³/mol. The molecule has 0 saturated heterocycles. The highest BCUT2D eigenvalue weighted by atomic mass is 127. The molecule has 2 aromatic carbocycles. The van der Waals surface area contributed by atoms with Crippen LogP contribution in [0, 0.1) is 9.39 Å². The number of primary amides is 1. The maximum absolute atomic E-state index is 13.4. The number of nitrogens with two attached hydrogens (primary N) is 1. The van der Waals surface area contributed by atoms with Crippen molar-refractivity contribution in [3.05, 3.63) is 68.0 Å². The summed E-state index contributed by atoms with van der Waals surface area (Å²) in [6.07, 6.45) is 1.48. The molecule has 2 amide bonds. The normalized spacial score (nSPS) is 14.0. The van der Waals surface area contributed by atoms with Crippen LogP contribution >= 0.6 is 22.6 Å². The van der Waals surface area contributed by atoms with Crippen molar-refractivity contribution in [1.82, 2.24) is 4.90 Å². The second-order valence-electron chi connectivity index (χ2n) is 5.80. The van der Waals surface area contributed by atoms with E-state index in [4.69, 9.17) is 5.73 Å². The van der Waals surface area contributed by atoms with Crippen LogP contribution in [0.1, 0.15) is 38.3 Å². The first-order valence-corrected chi connectivity index (χ1v) is 8.69. The van der Waals surface area contributed by atoms with Crippen LogP contribution in [0.5, 0.6) is 0 Å². The van der Waals surface area contributed by atoms with Crippen molar-refractivity contribution < 1.29 is 14.0 Å². The molecule has 0 bridgehead atoms. The molecule has 0 atom stereocenters. The number of rotatable bonds is 2. The summed E-state index contributed by atoms with van der Waals surface area (Å²) >= 11 is 2.07. The zero-order valence-corrected chi connectivity index (χ0v) is 15.0.